The van der Waals surface area contributed by atoms with Gasteiger partial charge in [-0.05, 0) is 0 Å². The van der Waals surface area contributed by atoms with E-state index in [4.69, 9.17) is 0 Å². The Hall–Kier alpha value is 0.943. The molecule has 66 valence electrons. The number of hydrogen-bond donors (Lipinski definition) is 0. The van der Waals surface area contributed by atoms with Gasteiger partial charge in [0, 0.05) is 0 Å². The topological polar surface area (TPSA) is 0 Å². The summed E-state index contributed by atoms with van der Waals surface area (Å²) in [5.41, 5.74) is 0. The van der Waals surface area contributed by atoms with Gasteiger partial charge in [-0.25, -0.2) is 0 Å². The molecule has 1 aliphatic carbocycles. The number of halogens is 2. The van der Waals surface area contributed by atoms with Crippen molar-refractivity contribution in [3.8, 4) is 0 Å². The second kappa shape index (κ2) is 5.57. The molecule has 0 nitrogen and oxygen atoms in total. The fourth-order valence-electron chi connectivity index (χ4n) is 1.00. The molecule has 0 aromatic rings. The van der Waals surface area contributed by atoms with E-state index in [0.717, 1.165) is 0 Å². The maximum absolute atomic E-state index is 2.47. The van der Waals surface area contributed by atoms with E-state index in [2.05, 4.69) is 32.1 Å². The van der Waals surface area contributed by atoms with Gasteiger partial charge in [0.1, 0.15) is 0 Å². The van der Waals surface area contributed by atoms with Gasteiger partial charge in [-0.3, -0.25) is 0 Å². The Kier molecular flexibility index (Phi) is 7.32. The van der Waals surface area contributed by atoms with E-state index >= 15 is 0 Å². The average molecular weight is 274 g/mol. The normalized spacial score (nSPS) is 15.0. The molecule has 0 atom stereocenters. The van der Waals surface area contributed by atoms with E-state index in [1.165, 1.54) is 6.42 Å². The molecular formula is C8H16Cl2Zr. The zero-order valence-electron chi connectivity index (χ0n) is 7.26. The molecule has 1 aliphatic rings. The van der Waals surface area contributed by atoms with Crippen molar-refractivity contribution in [1.29, 1.82) is 0 Å². The zero-order chi connectivity index (χ0) is 6.91. The van der Waals surface area contributed by atoms with Crippen LogP contribution < -0.4 is 0 Å². The number of allylic oxidation sites excluding steroid dienone is 4. The van der Waals surface area contributed by atoms with E-state index < -0.39 is 20.3 Å². The van der Waals surface area contributed by atoms with E-state index in [1.54, 1.807) is 3.28 Å². The Morgan fingerprint density at radius 2 is 1.73 bits per heavy atom. The summed E-state index contributed by atoms with van der Waals surface area (Å²) < 4.78 is 9.15. The molecule has 11 heavy (non-hydrogen) atoms. The molecule has 0 spiro atoms. The Balaban J connectivity index is 0. The molecule has 0 aromatic heterocycles. The second-order valence-corrected chi connectivity index (χ2v) is 16.2. The predicted octanol–water partition coefficient (Wildman–Crippen LogP) is 3.97. The first-order chi connectivity index (χ1) is 4.11. The monoisotopic (exact) mass is 272 g/mol. The van der Waals surface area contributed by atoms with Crippen LogP contribution >= 0.6 is 24.8 Å². The van der Waals surface area contributed by atoms with Crippen LogP contribution in [0.2, 0.25) is 13.9 Å². The van der Waals surface area contributed by atoms with Crippen LogP contribution in [0, 0.1) is 0 Å². The van der Waals surface area contributed by atoms with Crippen molar-refractivity contribution < 1.29 is 20.3 Å². The van der Waals surface area contributed by atoms with E-state index in [-0.39, 0.29) is 24.8 Å². The number of rotatable bonds is 1. The molecule has 0 amide bonds. The summed E-state index contributed by atoms with van der Waals surface area (Å²) in [5.74, 6) is 0. The molecule has 0 aromatic carbocycles. The van der Waals surface area contributed by atoms with Crippen LogP contribution in [0.4, 0.5) is 0 Å². The SMILES string of the molecule is Cl.Cl.[CH3][Zr]([CH3])([CH3])[C]1=CC=CC1. The second-order valence-electron chi connectivity index (χ2n) is 3.57. The van der Waals surface area contributed by atoms with Gasteiger partial charge in [0.05, 0.1) is 0 Å². The molecule has 0 N–H and O–H groups in total. The summed E-state index contributed by atoms with van der Waals surface area (Å²) in [6.07, 6.45) is 8.02. The molecule has 0 aliphatic heterocycles. The van der Waals surface area contributed by atoms with Crippen LogP contribution in [0.25, 0.3) is 0 Å². The molecule has 3 heteroatoms. The molecule has 0 radical (unpaired) electrons. The molecule has 1 rings (SSSR count). The Bertz CT molecular complexity index is 165. The van der Waals surface area contributed by atoms with Gasteiger partial charge in [-0.1, -0.05) is 0 Å². The first-order valence-electron chi connectivity index (χ1n) is 3.47. The molecule has 0 saturated heterocycles. The summed E-state index contributed by atoms with van der Waals surface area (Å²) in [5, 5.41) is 0. The Morgan fingerprint density at radius 1 is 1.18 bits per heavy atom. The van der Waals surface area contributed by atoms with Crippen molar-refractivity contribution in [2.75, 3.05) is 0 Å². The fraction of sp³-hybridized carbons (Fsp3) is 0.500. The summed E-state index contributed by atoms with van der Waals surface area (Å²) in [4.78, 5) is 0. The van der Waals surface area contributed by atoms with Crippen molar-refractivity contribution in [2.45, 2.75) is 20.3 Å². The molecular weight excluding hydrogens is 258 g/mol. The quantitative estimate of drug-likeness (QED) is 0.678. The van der Waals surface area contributed by atoms with Crippen LogP contribution in [-0.2, 0) is 20.3 Å². The van der Waals surface area contributed by atoms with E-state index in [0.29, 0.717) is 0 Å². The zero-order valence-corrected chi connectivity index (χ0v) is 11.3. The van der Waals surface area contributed by atoms with Gasteiger partial charge in [0.25, 0.3) is 0 Å². The van der Waals surface area contributed by atoms with Crippen LogP contribution in [0.5, 0.6) is 0 Å². The van der Waals surface area contributed by atoms with E-state index in [9.17, 15) is 0 Å². The summed E-state index contributed by atoms with van der Waals surface area (Å²) in [6.45, 7) is 0. The van der Waals surface area contributed by atoms with Crippen molar-refractivity contribution in [3.05, 3.63) is 21.5 Å². The Labute approximate surface area is 86.4 Å². The third kappa shape index (κ3) is 4.50. The van der Waals surface area contributed by atoms with Gasteiger partial charge in [0.15, 0.2) is 0 Å². The third-order valence-corrected chi connectivity index (χ3v) is 7.38. The van der Waals surface area contributed by atoms with Crippen LogP contribution in [-0.4, -0.2) is 0 Å². The van der Waals surface area contributed by atoms with Crippen molar-refractivity contribution >= 4 is 24.8 Å². The van der Waals surface area contributed by atoms with Gasteiger partial charge in [-0.15, -0.1) is 24.8 Å². The minimum atomic E-state index is -1.59. The average Bonchev–Trinajstić information content (AvgIpc) is 2.08. The van der Waals surface area contributed by atoms with Crippen LogP contribution in [0.15, 0.2) is 21.5 Å². The standard InChI is InChI=1S/C5H5.3CH3.2ClH.Zr/c1-2-4-5-3-1;;;;;;/h1-3H,4H2;3*1H3;2*1H;. The third-order valence-electron chi connectivity index (χ3n) is 1.73. The van der Waals surface area contributed by atoms with Crippen LogP contribution in [0.1, 0.15) is 6.42 Å². The van der Waals surface area contributed by atoms with Crippen molar-refractivity contribution in [2.24, 2.45) is 0 Å². The first kappa shape index (κ1) is 14.5. The number of hydrogen-bond acceptors (Lipinski definition) is 0. The van der Waals surface area contributed by atoms with Gasteiger partial charge < -0.3 is 0 Å². The Morgan fingerprint density at radius 3 is 1.91 bits per heavy atom. The van der Waals surface area contributed by atoms with Crippen molar-refractivity contribution in [3.63, 3.8) is 0 Å². The van der Waals surface area contributed by atoms with Gasteiger partial charge in [0.2, 0.25) is 0 Å². The summed E-state index contributed by atoms with van der Waals surface area (Å²) >= 11 is -1.59. The first-order valence-corrected chi connectivity index (χ1v) is 12.1. The summed E-state index contributed by atoms with van der Waals surface area (Å²) in [6, 6.07) is 0. The van der Waals surface area contributed by atoms with Crippen molar-refractivity contribution in [1.82, 2.24) is 0 Å². The molecule has 0 fully saturated rings. The molecule has 0 unspecified atom stereocenters. The molecule has 0 heterocycles. The fourth-order valence-corrected chi connectivity index (χ4v) is 4.26. The van der Waals surface area contributed by atoms with E-state index in [1.807, 2.05) is 0 Å². The van der Waals surface area contributed by atoms with Gasteiger partial charge >= 0.3 is 62.1 Å². The maximum atomic E-state index is 2.47. The minimum absolute atomic E-state index is 0. The summed E-state index contributed by atoms with van der Waals surface area (Å²) in [7, 11) is 0. The van der Waals surface area contributed by atoms with Crippen LogP contribution in [0.3, 0.4) is 0 Å². The predicted molar refractivity (Wildman–Crippen MR) is 53.9 cm³/mol. The molecule has 0 saturated carbocycles. The van der Waals surface area contributed by atoms with Gasteiger partial charge in [-0.2, -0.15) is 0 Å². The molecule has 0 bridgehead atoms.